The number of likely N-dealkylation sites (N-methyl/N-ethyl adjacent to an activating group) is 1. The molecule has 1 aliphatic rings. The second-order valence-electron chi connectivity index (χ2n) is 4.95. The number of hydrogen-bond acceptors (Lipinski definition) is 4. The number of carbonyl (C=O) groups excluding carboxylic acids is 2. The first-order chi connectivity index (χ1) is 10.1. The minimum Gasteiger partial charge on any atom is -0.346 e. The summed E-state index contributed by atoms with van der Waals surface area (Å²) < 4.78 is 0. The molecule has 21 heavy (non-hydrogen) atoms. The van der Waals surface area contributed by atoms with E-state index < -0.39 is 11.8 Å². The highest BCUT2D eigenvalue weighted by Crippen LogP contribution is 2.15. The maximum atomic E-state index is 11.8. The van der Waals surface area contributed by atoms with E-state index in [1.54, 1.807) is 12.1 Å². The molecule has 1 aromatic rings. The summed E-state index contributed by atoms with van der Waals surface area (Å²) in [6, 6.07) is 3.46. The number of nitrogens with one attached hydrogen (secondary N) is 2. The second kappa shape index (κ2) is 7.38. The van der Waals surface area contributed by atoms with Gasteiger partial charge in [-0.3, -0.25) is 14.5 Å². The molecule has 0 aromatic carbocycles. The summed E-state index contributed by atoms with van der Waals surface area (Å²) in [6.45, 7) is 4.60. The lowest BCUT2D eigenvalue weighted by Gasteiger charge is -2.22. The maximum absolute atomic E-state index is 11.8. The SMILES string of the molecule is CCN1CCCC1CNC(=O)C(=O)Nc1ccc(Cl)cn1. The number of nitrogens with zero attached hydrogens (tertiary/aromatic N) is 2. The molecule has 6 nitrogen and oxygen atoms in total. The van der Waals surface area contributed by atoms with E-state index in [0.29, 0.717) is 23.4 Å². The fourth-order valence-corrected chi connectivity index (χ4v) is 2.57. The van der Waals surface area contributed by atoms with E-state index in [4.69, 9.17) is 11.6 Å². The number of pyridine rings is 1. The molecular weight excluding hydrogens is 292 g/mol. The Kier molecular flexibility index (Phi) is 5.52. The highest BCUT2D eigenvalue weighted by molar-refractivity contribution is 6.39. The lowest BCUT2D eigenvalue weighted by molar-refractivity contribution is -0.136. The van der Waals surface area contributed by atoms with Gasteiger partial charge in [-0.2, -0.15) is 0 Å². The van der Waals surface area contributed by atoms with Crippen LogP contribution < -0.4 is 10.6 Å². The monoisotopic (exact) mass is 310 g/mol. The molecule has 1 aliphatic heterocycles. The van der Waals surface area contributed by atoms with Crippen LogP contribution in [-0.2, 0) is 9.59 Å². The number of likely N-dealkylation sites (tertiary alicyclic amines) is 1. The highest BCUT2D eigenvalue weighted by atomic mass is 35.5. The minimum absolute atomic E-state index is 0.301. The van der Waals surface area contributed by atoms with Gasteiger partial charge in [-0.15, -0.1) is 0 Å². The van der Waals surface area contributed by atoms with Crippen molar-refractivity contribution in [2.24, 2.45) is 0 Å². The molecule has 0 aliphatic carbocycles. The van der Waals surface area contributed by atoms with E-state index in [1.807, 2.05) is 0 Å². The first-order valence-corrected chi connectivity index (χ1v) is 7.42. The standard InChI is InChI=1S/C14H19ClN4O2/c1-2-19-7-3-4-11(19)9-17-13(20)14(21)18-12-6-5-10(15)8-16-12/h5-6,8,11H,2-4,7,9H2,1H3,(H,17,20)(H,16,18,21). The van der Waals surface area contributed by atoms with E-state index in [-0.39, 0.29) is 0 Å². The third-order valence-corrected chi connectivity index (χ3v) is 3.80. The van der Waals surface area contributed by atoms with Crippen LogP contribution in [0.5, 0.6) is 0 Å². The van der Waals surface area contributed by atoms with Crippen molar-refractivity contribution in [3.05, 3.63) is 23.4 Å². The summed E-state index contributed by atoms with van der Waals surface area (Å²) in [4.78, 5) is 29.7. The minimum atomic E-state index is -0.717. The van der Waals surface area contributed by atoms with Gasteiger partial charge in [-0.25, -0.2) is 4.98 Å². The molecular formula is C14H19ClN4O2. The molecule has 1 saturated heterocycles. The number of amides is 2. The van der Waals surface area contributed by atoms with Crippen molar-refractivity contribution in [3.8, 4) is 0 Å². The number of anilines is 1. The van der Waals surface area contributed by atoms with Crippen LogP contribution in [0, 0.1) is 0 Å². The average molecular weight is 311 g/mol. The van der Waals surface area contributed by atoms with Gasteiger partial charge in [0.05, 0.1) is 5.02 Å². The first kappa shape index (κ1) is 15.7. The summed E-state index contributed by atoms with van der Waals surface area (Å²) in [7, 11) is 0. The third kappa shape index (κ3) is 4.41. The van der Waals surface area contributed by atoms with Crippen LogP contribution >= 0.6 is 11.6 Å². The van der Waals surface area contributed by atoms with Gasteiger partial charge >= 0.3 is 11.8 Å². The van der Waals surface area contributed by atoms with Crippen LogP contribution in [0.15, 0.2) is 18.3 Å². The quantitative estimate of drug-likeness (QED) is 0.822. The van der Waals surface area contributed by atoms with Gasteiger partial charge in [0.2, 0.25) is 0 Å². The molecule has 1 aromatic heterocycles. The number of rotatable bonds is 4. The van der Waals surface area contributed by atoms with Crippen molar-refractivity contribution in [1.29, 1.82) is 0 Å². The van der Waals surface area contributed by atoms with E-state index in [0.717, 1.165) is 25.9 Å². The Morgan fingerprint density at radius 3 is 2.90 bits per heavy atom. The zero-order valence-electron chi connectivity index (χ0n) is 11.9. The van der Waals surface area contributed by atoms with Gasteiger partial charge < -0.3 is 10.6 Å². The second-order valence-corrected chi connectivity index (χ2v) is 5.39. The lowest BCUT2D eigenvalue weighted by atomic mass is 10.2. The smallest absolute Gasteiger partial charge is 0.314 e. The average Bonchev–Trinajstić information content (AvgIpc) is 2.94. The number of hydrogen-bond donors (Lipinski definition) is 2. The van der Waals surface area contributed by atoms with Gasteiger partial charge in [0.1, 0.15) is 5.82 Å². The summed E-state index contributed by atoms with van der Waals surface area (Å²) in [5, 5.41) is 5.58. The predicted octanol–water partition coefficient (Wildman–Crippen LogP) is 1.27. The van der Waals surface area contributed by atoms with Crippen molar-refractivity contribution < 1.29 is 9.59 Å². The van der Waals surface area contributed by atoms with Gasteiger partial charge in [0.25, 0.3) is 0 Å². The van der Waals surface area contributed by atoms with E-state index in [9.17, 15) is 9.59 Å². The Labute approximate surface area is 128 Å². The lowest BCUT2D eigenvalue weighted by Crippen LogP contribution is -2.43. The molecule has 2 N–H and O–H groups in total. The Morgan fingerprint density at radius 2 is 2.24 bits per heavy atom. The normalized spacial score (nSPS) is 18.5. The van der Waals surface area contributed by atoms with Crippen LogP contribution in [0.1, 0.15) is 19.8 Å². The molecule has 1 atom stereocenters. The fraction of sp³-hybridized carbons (Fsp3) is 0.500. The maximum Gasteiger partial charge on any atom is 0.314 e. The first-order valence-electron chi connectivity index (χ1n) is 7.05. The van der Waals surface area contributed by atoms with E-state index in [1.165, 1.54) is 6.20 Å². The topological polar surface area (TPSA) is 74.3 Å². The van der Waals surface area contributed by atoms with Crippen LogP contribution in [0.3, 0.4) is 0 Å². The Hall–Kier alpha value is -1.66. The van der Waals surface area contributed by atoms with Crippen LogP contribution in [0.25, 0.3) is 0 Å². The summed E-state index contributed by atoms with van der Waals surface area (Å²) in [5.41, 5.74) is 0. The fourth-order valence-electron chi connectivity index (χ4n) is 2.46. The predicted molar refractivity (Wildman–Crippen MR) is 81.2 cm³/mol. The van der Waals surface area contributed by atoms with Crippen LogP contribution in [0.2, 0.25) is 5.02 Å². The van der Waals surface area contributed by atoms with Crippen molar-refractivity contribution in [1.82, 2.24) is 15.2 Å². The van der Waals surface area contributed by atoms with Gasteiger partial charge in [0.15, 0.2) is 0 Å². The largest absolute Gasteiger partial charge is 0.346 e. The Balaban J connectivity index is 1.80. The van der Waals surface area contributed by atoms with Crippen molar-refractivity contribution >= 4 is 29.2 Å². The Bertz CT molecular complexity index is 506. The van der Waals surface area contributed by atoms with Crippen LogP contribution in [-0.4, -0.2) is 47.4 Å². The zero-order valence-corrected chi connectivity index (χ0v) is 12.7. The highest BCUT2D eigenvalue weighted by Gasteiger charge is 2.24. The van der Waals surface area contributed by atoms with Gasteiger partial charge in [-0.05, 0) is 38.1 Å². The van der Waals surface area contributed by atoms with Gasteiger partial charge in [0, 0.05) is 18.8 Å². The number of halogens is 1. The van der Waals surface area contributed by atoms with Crippen LogP contribution in [0.4, 0.5) is 5.82 Å². The number of carbonyl (C=O) groups is 2. The summed E-state index contributed by atoms with van der Waals surface area (Å²) in [5.74, 6) is -1.06. The molecule has 2 rings (SSSR count). The molecule has 1 unspecified atom stereocenters. The summed E-state index contributed by atoms with van der Waals surface area (Å²) >= 11 is 5.70. The molecule has 0 radical (unpaired) electrons. The van der Waals surface area contributed by atoms with E-state index in [2.05, 4.69) is 27.4 Å². The van der Waals surface area contributed by atoms with Crippen molar-refractivity contribution in [3.63, 3.8) is 0 Å². The molecule has 0 saturated carbocycles. The molecule has 1 fully saturated rings. The Morgan fingerprint density at radius 1 is 1.43 bits per heavy atom. The summed E-state index contributed by atoms with van der Waals surface area (Å²) in [6.07, 6.45) is 3.59. The molecule has 114 valence electrons. The third-order valence-electron chi connectivity index (χ3n) is 3.58. The molecule has 2 amide bonds. The molecule has 0 spiro atoms. The molecule has 2 heterocycles. The van der Waals surface area contributed by atoms with Crippen molar-refractivity contribution in [2.75, 3.05) is 25.0 Å². The zero-order chi connectivity index (χ0) is 15.2. The van der Waals surface area contributed by atoms with Gasteiger partial charge in [-0.1, -0.05) is 18.5 Å². The molecule has 0 bridgehead atoms. The number of aromatic nitrogens is 1. The molecule has 7 heteroatoms. The van der Waals surface area contributed by atoms with Crippen molar-refractivity contribution in [2.45, 2.75) is 25.8 Å². The van der Waals surface area contributed by atoms with E-state index >= 15 is 0 Å².